The first kappa shape index (κ1) is 9.17. The van der Waals surface area contributed by atoms with Crippen LogP contribution in [-0.2, 0) is 6.42 Å². The minimum Gasteiger partial charge on any atom is -0.143 e. The number of thiophene rings is 1. The molecular weight excluding hydrogens is 200 g/mol. The smallest absolute Gasteiger partial charge is 0.0193 e. The summed E-state index contributed by atoms with van der Waals surface area (Å²) >= 11 is 2.01. The molecule has 0 spiro atoms. The van der Waals surface area contributed by atoms with Gasteiger partial charge in [-0.1, -0.05) is 43.4 Å². The number of aryl methyl sites for hydroxylation is 1. The molecule has 3 rings (SSSR count). The molecule has 15 heavy (non-hydrogen) atoms. The lowest BCUT2D eigenvalue weighted by atomic mass is 9.98. The Kier molecular flexibility index (Phi) is 2.14. The zero-order valence-corrected chi connectivity index (χ0v) is 9.68. The molecule has 76 valence electrons. The molecule has 1 atom stereocenters. The Hall–Kier alpha value is -1.08. The summed E-state index contributed by atoms with van der Waals surface area (Å²) in [5.41, 5.74) is 2.94. The predicted octanol–water partition coefficient (Wildman–Crippen LogP) is 4.39. The molecule has 0 bridgehead atoms. The highest BCUT2D eigenvalue weighted by molar-refractivity contribution is 7.12. The molecule has 0 fully saturated rings. The van der Waals surface area contributed by atoms with Crippen molar-refractivity contribution in [2.24, 2.45) is 0 Å². The maximum absolute atomic E-state index is 2.30. The molecule has 0 radical (unpaired) electrons. The van der Waals surface area contributed by atoms with Crippen molar-refractivity contribution in [1.82, 2.24) is 0 Å². The van der Waals surface area contributed by atoms with Gasteiger partial charge in [-0.2, -0.15) is 0 Å². The fourth-order valence-electron chi connectivity index (χ4n) is 2.29. The van der Waals surface area contributed by atoms with Crippen LogP contribution in [-0.4, -0.2) is 0 Å². The largest absolute Gasteiger partial charge is 0.143 e. The molecule has 2 aliphatic rings. The zero-order valence-electron chi connectivity index (χ0n) is 8.86. The van der Waals surface area contributed by atoms with Crippen LogP contribution in [0.2, 0.25) is 0 Å². The monoisotopic (exact) mass is 214 g/mol. The van der Waals surface area contributed by atoms with Gasteiger partial charge in [0.2, 0.25) is 0 Å². The van der Waals surface area contributed by atoms with Crippen molar-refractivity contribution >= 4 is 23.5 Å². The minimum absolute atomic E-state index is 0.569. The van der Waals surface area contributed by atoms with Crippen molar-refractivity contribution < 1.29 is 0 Å². The molecule has 1 aromatic rings. The summed E-state index contributed by atoms with van der Waals surface area (Å²) in [6, 6.07) is 0. The molecule has 1 heteroatoms. The summed E-state index contributed by atoms with van der Waals surface area (Å²) in [4.78, 5) is 3.12. The van der Waals surface area contributed by atoms with Crippen LogP contribution in [0.5, 0.6) is 0 Å². The first-order chi connectivity index (χ1) is 7.36. The van der Waals surface area contributed by atoms with Gasteiger partial charge >= 0.3 is 0 Å². The first-order valence-corrected chi connectivity index (χ1v) is 6.35. The Morgan fingerprint density at radius 3 is 3.07 bits per heavy atom. The zero-order chi connectivity index (χ0) is 10.3. The van der Waals surface area contributed by atoms with E-state index < -0.39 is 0 Å². The van der Waals surface area contributed by atoms with Gasteiger partial charge in [0.05, 0.1) is 0 Å². The highest BCUT2D eigenvalue weighted by Crippen LogP contribution is 2.39. The topological polar surface area (TPSA) is 0 Å². The van der Waals surface area contributed by atoms with Gasteiger partial charge in [-0.05, 0) is 24.0 Å². The Balaban J connectivity index is 2.22. The highest BCUT2D eigenvalue weighted by Gasteiger charge is 2.19. The third kappa shape index (κ3) is 1.42. The second-order valence-electron chi connectivity index (χ2n) is 4.19. The lowest BCUT2D eigenvalue weighted by molar-refractivity contribution is 0.996. The lowest BCUT2D eigenvalue weighted by Crippen LogP contribution is -1.89. The second kappa shape index (κ2) is 3.49. The van der Waals surface area contributed by atoms with Gasteiger partial charge in [0.15, 0.2) is 0 Å². The van der Waals surface area contributed by atoms with E-state index in [1.807, 2.05) is 11.3 Å². The molecule has 0 amide bonds. The Morgan fingerprint density at radius 1 is 1.20 bits per heavy atom. The quantitative estimate of drug-likeness (QED) is 0.600. The Labute approximate surface area is 94.6 Å². The van der Waals surface area contributed by atoms with Crippen LogP contribution in [0.3, 0.4) is 0 Å². The summed E-state index contributed by atoms with van der Waals surface area (Å²) in [6.45, 7) is 2.29. The predicted molar refractivity (Wildman–Crippen MR) is 68.3 cm³/mol. The molecule has 0 saturated carbocycles. The fourth-order valence-corrected chi connectivity index (χ4v) is 3.62. The third-order valence-electron chi connectivity index (χ3n) is 3.10. The van der Waals surface area contributed by atoms with E-state index in [-0.39, 0.29) is 0 Å². The van der Waals surface area contributed by atoms with Gasteiger partial charge in [-0.25, -0.2) is 0 Å². The molecule has 1 aromatic heterocycles. The van der Waals surface area contributed by atoms with E-state index in [2.05, 4.69) is 43.4 Å². The molecule has 0 N–H and O–H groups in total. The average molecular weight is 214 g/mol. The van der Waals surface area contributed by atoms with E-state index in [9.17, 15) is 0 Å². The molecule has 0 aliphatic heterocycles. The fraction of sp³-hybridized carbons (Fsp3) is 0.286. The van der Waals surface area contributed by atoms with Gasteiger partial charge in [0, 0.05) is 15.7 Å². The minimum atomic E-state index is 0.569. The van der Waals surface area contributed by atoms with Crippen molar-refractivity contribution in [3.63, 3.8) is 0 Å². The van der Waals surface area contributed by atoms with E-state index in [0.29, 0.717) is 5.92 Å². The number of fused-ring (bicyclic) bond motifs is 3. The standard InChI is InChI=1S/C14H14S/c1-10-6-2-3-8-12-11-7-4-5-9-13(11)15-14(10)12/h2-4,6-8,10H,5,9H2,1H3. The number of rotatable bonds is 0. The van der Waals surface area contributed by atoms with Crippen LogP contribution in [0.15, 0.2) is 24.3 Å². The summed E-state index contributed by atoms with van der Waals surface area (Å²) in [7, 11) is 0. The SMILES string of the molecule is CC1C=CC=Cc2c1sc1c2C=CCC1. The summed E-state index contributed by atoms with van der Waals surface area (Å²) < 4.78 is 0. The Morgan fingerprint density at radius 2 is 2.13 bits per heavy atom. The normalized spacial score (nSPS) is 22.3. The van der Waals surface area contributed by atoms with Crippen molar-refractivity contribution in [2.45, 2.75) is 25.7 Å². The van der Waals surface area contributed by atoms with Gasteiger partial charge in [0.1, 0.15) is 0 Å². The van der Waals surface area contributed by atoms with Crippen molar-refractivity contribution in [1.29, 1.82) is 0 Å². The van der Waals surface area contributed by atoms with Crippen LogP contribution in [0.25, 0.3) is 12.2 Å². The molecule has 0 aromatic carbocycles. The van der Waals surface area contributed by atoms with Crippen molar-refractivity contribution in [2.75, 3.05) is 0 Å². The molecule has 2 aliphatic carbocycles. The van der Waals surface area contributed by atoms with Crippen LogP contribution < -0.4 is 0 Å². The average Bonchev–Trinajstić information content (AvgIpc) is 2.54. The van der Waals surface area contributed by atoms with Gasteiger partial charge in [0.25, 0.3) is 0 Å². The highest BCUT2D eigenvalue weighted by atomic mass is 32.1. The third-order valence-corrected chi connectivity index (χ3v) is 4.58. The van der Waals surface area contributed by atoms with Gasteiger partial charge in [-0.3, -0.25) is 0 Å². The first-order valence-electron chi connectivity index (χ1n) is 5.53. The van der Waals surface area contributed by atoms with Crippen LogP contribution in [0.4, 0.5) is 0 Å². The number of allylic oxidation sites excluding steroid dienone is 4. The van der Waals surface area contributed by atoms with E-state index in [1.54, 1.807) is 4.88 Å². The maximum atomic E-state index is 2.30. The van der Waals surface area contributed by atoms with Gasteiger partial charge in [-0.15, -0.1) is 11.3 Å². The van der Waals surface area contributed by atoms with E-state index >= 15 is 0 Å². The molecular formula is C14H14S. The molecule has 0 saturated heterocycles. The van der Waals surface area contributed by atoms with E-state index in [0.717, 1.165) is 0 Å². The lowest BCUT2D eigenvalue weighted by Gasteiger charge is -2.05. The van der Waals surface area contributed by atoms with Crippen molar-refractivity contribution in [3.8, 4) is 0 Å². The summed E-state index contributed by atoms with van der Waals surface area (Å²) in [5.74, 6) is 0.569. The second-order valence-corrected chi connectivity index (χ2v) is 5.33. The number of hydrogen-bond donors (Lipinski definition) is 0. The molecule has 1 heterocycles. The maximum Gasteiger partial charge on any atom is 0.0193 e. The van der Waals surface area contributed by atoms with Crippen LogP contribution in [0, 0.1) is 0 Å². The molecule has 0 nitrogen and oxygen atoms in total. The Bertz CT molecular complexity index is 472. The van der Waals surface area contributed by atoms with Gasteiger partial charge < -0.3 is 0 Å². The summed E-state index contributed by atoms with van der Waals surface area (Å²) in [6.07, 6.45) is 15.9. The molecule has 1 unspecified atom stereocenters. The van der Waals surface area contributed by atoms with Crippen LogP contribution in [0.1, 0.15) is 40.1 Å². The summed E-state index contributed by atoms with van der Waals surface area (Å²) in [5, 5.41) is 0. The van der Waals surface area contributed by atoms with Crippen molar-refractivity contribution in [3.05, 3.63) is 45.2 Å². The van der Waals surface area contributed by atoms with Crippen LogP contribution >= 0.6 is 11.3 Å². The number of hydrogen-bond acceptors (Lipinski definition) is 1. The van der Waals surface area contributed by atoms with E-state index in [1.165, 1.54) is 28.8 Å². The van der Waals surface area contributed by atoms with E-state index in [4.69, 9.17) is 0 Å².